The lowest BCUT2D eigenvalue weighted by Crippen LogP contribution is -1.76. The quantitative estimate of drug-likeness (QED) is 0.479. The van der Waals surface area contributed by atoms with Crippen molar-refractivity contribution < 1.29 is 1.43 Å². The van der Waals surface area contributed by atoms with Gasteiger partial charge >= 0.3 is 1.43 Å². The second-order valence-corrected chi connectivity index (χ2v) is 2.62. The lowest BCUT2D eigenvalue weighted by Gasteiger charge is -1.95. The Morgan fingerprint density at radius 3 is 2.11 bits per heavy atom. The molecule has 0 heteroatoms. The third-order valence-corrected chi connectivity index (χ3v) is 1.60. The molecule has 0 aromatic rings. The van der Waals surface area contributed by atoms with E-state index >= 15 is 0 Å². The highest BCUT2D eigenvalue weighted by Gasteiger charge is 1.85. The molecule has 0 N–H and O–H groups in total. The third kappa shape index (κ3) is 8.00. The molecule has 0 atom stereocenters. The van der Waals surface area contributed by atoms with Crippen molar-refractivity contribution in [2.75, 3.05) is 0 Å². The fourth-order valence-corrected chi connectivity index (χ4v) is 0.957. The van der Waals surface area contributed by atoms with Crippen molar-refractivity contribution in [3.05, 3.63) is 6.92 Å². The Balaban J connectivity index is 0. The van der Waals surface area contributed by atoms with Crippen LogP contribution >= 0.6 is 0 Å². The Labute approximate surface area is 61.1 Å². The maximum absolute atomic E-state index is 3.80. The van der Waals surface area contributed by atoms with Gasteiger partial charge in [-0.3, -0.25) is 0 Å². The molecule has 0 aromatic carbocycles. The van der Waals surface area contributed by atoms with Gasteiger partial charge in [0.05, 0.1) is 0 Å². The Kier molecular flexibility index (Phi) is 8.00. The second-order valence-electron chi connectivity index (χ2n) is 2.62. The van der Waals surface area contributed by atoms with Crippen molar-refractivity contribution in [1.29, 1.82) is 0 Å². The highest BCUT2D eigenvalue weighted by Crippen LogP contribution is 2.05. The van der Waals surface area contributed by atoms with Crippen LogP contribution in [0.5, 0.6) is 0 Å². The second kappa shape index (κ2) is 8.00. The summed E-state index contributed by atoms with van der Waals surface area (Å²) in [6, 6.07) is 0. The first-order chi connectivity index (χ1) is 4.41. The molecule has 0 amide bonds. The van der Waals surface area contributed by atoms with Crippen molar-refractivity contribution in [3.63, 3.8) is 0 Å². The minimum absolute atomic E-state index is 0. The first kappa shape index (κ1) is 9.00. The van der Waals surface area contributed by atoms with E-state index < -0.39 is 0 Å². The summed E-state index contributed by atoms with van der Waals surface area (Å²) in [5.74, 6) is 0. The van der Waals surface area contributed by atoms with E-state index in [-0.39, 0.29) is 1.43 Å². The molecular weight excluding hydrogens is 108 g/mol. The maximum atomic E-state index is 3.80. The van der Waals surface area contributed by atoms with Crippen LogP contribution in [0.15, 0.2) is 0 Å². The molecule has 0 aromatic heterocycles. The SMILES string of the molecule is [CH2]CCCCCCCC.[H+]. The first-order valence-corrected chi connectivity index (χ1v) is 4.21. The number of unbranched alkanes of at least 4 members (excludes halogenated alkanes) is 6. The van der Waals surface area contributed by atoms with Gasteiger partial charge in [0.25, 0.3) is 0 Å². The topological polar surface area (TPSA) is 0 Å². The predicted molar refractivity (Wildman–Crippen MR) is 44.5 cm³/mol. The lowest BCUT2D eigenvalue weighted by molar-refractivity contribution is 0.611. The van der Waals surface area contributed by atoms with Crippen LogP contribution in [0, 0.1) is 6.92 Å². The van der Waals surface area contributed by atoms with Gasteiger partial charge in [0.15, 0.2) is 0 Å². The van der Waals surface area contributed by atoms with E-state index in [2.05, 4.69) is 13.8 Å². The third-order valence-electron chi connectivity index (χ3n) is 1.60. The summed E-state index contributed by atoms with van der Waals surface area (Å²) >= 11 is 0. The molecule has 0 nitrogen and oxygen atoms in total. The Morgan fingerprint density at radius 1 is 1.00 bits per heavy atom. The van der Waals surface area contributed by atoms with Gasteiger partial charge in [0.1, 0.15) is 0 Å². The highest BCUT2D eigenvalue weighted by molar-refractivity contribution is 4.44. The van der Waals surface area contributed by atoms with Gasteiger partial charge in [-0.2, -0.15) is 0 Å². The first-order valence-electron chi connectivity index (χ1n) is 4.21. The highest BCUT2D eigenvalue weighted by atomic mass is 13.9. The molecule has 0 bridgehead atoms. The number of rotatable bonds is 6. The molecule has 0 aliphatic carbocycles. The molecule has 0 spiro atoms. The Morgan fingerprint density at radius 2 is 1.56 bits per heavy atom. The van der Waals surface area contributed by atoms with E-state index in [1.807, 2.05) is 0 Å². The molecule has 0 aliphatic rings. The summed E-state index contributed by atoms with van der Waals surface area (Å²) in [4.78, 5) is 0. The molecule has 0 saturated carbocycles. The summed E-state index contributed by atoms with van der Waals surface area (Å²) in [5, 5.41) is 0. The van der Waals surface area contributed by atoms with Gasteiger partial charge in [-0.1, -0.05) is 58.8 Å². The van der Waals surface area contributed by atoms with E-state index in [1.54, 1.807) is 0 Å². The largest absolute Gasteiger partial charge is 1.00 e. The van der Waals surface area contributed by atoms with Crippen molar-refractivity contribution in [2.24, 2.45) is 0 Å². The average molecular weight is 128 g/mol. The van der Waals surface area contributed by atoms with Crippen LogP contribution in [-0.4, -0.2) is 0 Å². The molecule has 0 fully saturated rings. The van der Waals surface area contributed by atoms with Gasteiger partial charge in [-0.15, -0.1) is 0 Å². The van der Waals surface area contributed by atoms with E-state index in [1.165, 1.54) is 38.5 Å². The van der Waals surface area contributed by atoms with E-state index in [0.29, 0.717) is 0 Å². The van der Waals surface area contributed by atoms with Crippen LogP contribution in [0.1, 0.15) is 53.3 Å². The fourth-order valence-electron chi connectivity index (χ4n) is 0.957. The average Bonchev–Trinajstić information content (AvgIpc) is 1.89. The Bertz CT molecular complexity index is 38.0. The fraction of sp³-hybridized carbons (Fsp3) is 0.889. The van der Waals surface area contributed by atoms with Crippen LogP contribution in [0.4, 0.5) is 0 Å². The van der Waals surface area contributed by atoms with E-state index in [0.717, 1.165) is 6.42 Å². The molecule has 1 radical (unpaired) electrons. The van der Waals surface area contributed by atoms with Gasteiger partial charge < -0.3 is 0 Å². The van der Waals surface area contributed by atoms with E-state index in [9.17, 15) is 0 Å². The summed E-state index contributed by atoms with van der Waals surface area (Å²) in [6.45, 7) is 6.05. The summed E-state index contributed by atoms with van der Waals surface area (Å²) in [7, 11) is 0. The van der Waals surface area contributed by atoms with Gasteiger partial charge in [0, 0.05) is 0 Å². The summed E-state index contributed by atoms with van der Waals surface area (Å²) in [5.41, 5.74) is 0. The monoisotopic (exact) mass is 128 g/mol. The van der Waals surface area contributed by atoms with Gasteiger partial charge in [-0.25, -0.2) is 0 Å². The van der Waals surface area contributed by atoms with Crippen LogP contribution in [0.3, 0.4) is 0 Å². The van der Waals surface area contributed by atoms with Crippen LogP contribution in [0.2, 0.25) is 0 Å². The molecule has 9 heavy (non-hydrogen) atoms. The predicted octanol–water partition coefficient (Wildman–Crippen LogP) is 3.68. The Hall–Kier alpha value is 0. The van der Waals surface area contributed by atoms with Crippen LogP contribution < -0.4 is 0 Å². The molecule has 0 rings (SSSR count). The van der Waals surface area contributed by atoms with Crippen molar-refractivity contribution in [3.8, 4) is 0 Å². The standard InChI is InChI=1S/C9H19/c1-3-5-7-9-8-6-4-2/h1,3-9H2,2H3/p+1. The smallest absolute Gasteiger partial charge is 0.0654 e. The van der Waals surface area contributed by atoms with Crippen molar-refractivity contribution in [2.45, 2.75) is 51.9 Å². The number of hydrogen-bond donors (Lipinski definition) is 0. The molecule has 0 unspecified atom stereocenters. The zero-order valence-electron chi connectivity index (χ0n) is 7.66. The van der Waals surface area contributed by atoms with Crippen molar-refractivity contribution in [1.82, 2.24) is 0 Å². The van der Waals surface area contributed by atoms with Crippen LogP contribution in [0.25, 0.3) is 0 Å². The lowest BCUT2D eigenvalue weighted by atomic mass is 10.1. The molecule has 0 heterocycles. The van der Waals surface area contributed by atoms with Crippen LogP contribution in [-0.2, 0) is 0 Å². The normalized spacial score (nSPS) is 10.0. The molecular formula is C9H20+. The van der Waals surface area contributed by atoms with Gasteiger partial charge in [0.2, 0.25) is 0 Å². The summed E-state index contributed by atoms with van der Waals surface area (Å²) in [6.07, 6.45) is 9.45. The molecule has 0 saturated heterocycles. The van der Waals surface area contributed by atoms with E-state index in [4.69, 9.17) is 0 Å². The zero-order chi connectivity index (χ0) is 6.95. The minimum Gasteiger partial charge on any atom is -0.0654 e. The van der Waals surface area contributed by atoms with Gasteiger partial charge in [-0.05, 0) is 0 Å². The minimum atomic E-state index is 0. The molecule has 55 valence electrons. The van der Waals surface area contributed by atoms with Crippen molar-refractivity contribution >= 4 is 0 Å². The maximum Gasteiger partial charge on any atom is 1.00 e. The number of hydrogen-bond acceptors (Lipinski definition) is 0. The summed E-state index contributed by atoms with van der Waals surface area (Å²) < 4.78 is 0. The molecule has 0 aliphatic heterocycles. The zero-order valence-corrected chi connectivity index (χ0v) is 6.66.